The van der Waals surface area contributed by atoms with E-state index in [1.165, 1.54) is 5.06 Å². The molecule has 0 bridgehead atoms. The fraction of sp³-hybridized carbons (Fsp3) is 0.304. The van der Waals surface area contributed by atoms with E-state index >= 15 is 0 Å². The minimum Gasteiger partial charge on any atom is -0.257 e. The summed E-state index contributed by atoms with van der Waals surface area (Å²) >= 11 is 0. The van der Waals surface area contributed by atoms with Crippen LogP contribution in [-0.2, 0) is 10.4 Å². The molecule has 0 saturated carbocycles. The van der Waals surface area contributed by atoms with E-state index in [1.807, 2.05) is 57.2 Å². The Labute approximate surface area is 170 Å². The van der Waals surface area contributed by atoms with Crippen LogP contribution < -0.4 is 0 Å². The summed E-state index contributed by atoms with van der Waals surface area (Å²) in [4.78, 5) is 6.00. The van der Waals surface area contributed by atoms with Gasteiger partial charge in [0.15, 0.2) is 0 Å². The smallest absolute Gasteiger partial charge is 0.257 e. The number of rotatable bonds is 2. The molecule has 0 spiro atoms. The predicted octanol–water partition coefficient (Wildman–Crippen LogP) is 3.80. The maximum atomic E-state index is 10.4. The number of nitriles is 4. The van der Waals surface area contributed by atoms with Crippen LogP contribution in [0.25, 0.3) is 0 Å². The maximum absolute atomic E-state index is 10.4. The van der Waals surface area contributed by atoms with Crippen LogP contribution in [0, 0.1) is 50.7 Å². The third-order valence-corrected chi connectivity index (χ3v) is 5.25. The van der Waals surface area contributed by atoms with Gasteiger partial charge < -0.3 is 0 Å². The molecular weight excluding hydrogens is 362 g/mol. The Bertz CT molecular complexity index is 1010. The van der Waals surface area contributed by atoms with Gasteiger partial charge in [-0.15, -0.1) is 0 Å². The van der Waals surface area contributed by atoms with Gasteiger partial charge in [0.05, 0.1) is 12.1 Å². The Morgan fingerprint density at radius 1 is 0.724 bits per heavy atom. The molecule has 0 atom stereocenters. The first-order valence-corrected chi connectivity index (χ1v) is 9.05. The molecule has 2 aromatic rings. The van der Waals surface area contributed by atoms with E-state index in [0.29, 0.717) is 11.1 Å². The van der Waals surface area contributed by atoms with E-state index in [4.69, 9.17) is 4.84 Å². The summed E-state index contributed by atoms with van der Waals surface area (Å²) in [6, 6.07) is 25.7. The van der Waals surface area contributed by atoms with Gasteiger partial charge >= 0.3 is 0 Å². The van der Waals surface area contributed by atoms with E-state index in [9.17, 15) is 21.0 Å². The summed E-state index contributed by atoms with van der Waals surface area (Å²) in [5.41, 5.74) is -5.62. The van der Waals surface area contributed by atoms with Gasteiger partial charge in [0.25, 0.3) is 5.60 Å². The molecule has 0 unspecified atom stereocenters. The highest BCUT2D eigenvalue weighted by molar-refractivity contribution is 5.56. The lowest BCUT2D eigenvalue weighted by Crippen LogP contribution is -2.58. The first-order chi connectivity index (χ1) is 13.8. The van der Waals surface area contributed by atoms with Crippen LogP contribution in [0.3, 0.4) is 0 Å². The number of hydrogen-bond donors (Lipinski definition) is 0. The average Bonchev–Trinajstić information content (AvgIpc) is 3.03. The minimum absolute atomic E-state index is 0.580. The zero-order valence-corrected chi connectivity index (χ0v) is 16.4. The van der Waals surface area contributed by atoms with Crippen molar-refractivity contribution < 1.29 is 4.84 Å². The van der Waals surface area contributed by atoms with E-state index in [0.717, 1.165) is 0 Å². The second kappa shape index (κ2) is 6.73. The summed E-state index contributed by atoms with van der Waals surface area (Å²) in [6.07, 6.45) is 0. The van der Waals surface area contributed by atoms with Gasteiger partial charge in [-0.05, 0) is 31.9 Å². The molecule has 1 fully saturated rings. The van der Waals surface area contributed by atoms with Crippen LogP contribution in [0.2, 0.25) is 0 Å². The van der Waals surface area contributed by atoms with Gasteiger partial charge in [0.1, 0.15) is 17.7 Å². The second-order valence-electron chi connectivity index (χ2n) is 7.88. The normalized spacial score (nSPS) is 19.3. The largest absolute Gasteiger partial charge is 0.293 e. The molecule has 2 aromatic carbocycles. The van der Waals surface area contributed by atoms with Crippen molar-refractivity contribution in [1.29, 1.82) is 21.0 Å². The fourth-order valence-corrected chi connectivity index (χ4v) is 4.09. The quantitative estimate of drug-likeness (QED) is 0.783. The summed E-state index contributed by atoms with van der Waals surface area (Å²) in [5.74, 6) is 0. The molecule has 0 N–H and O–H groups in total. The molecular formula is C23H19N5O. The number of hydroxylamine groups is 2. The topological polar surface area (TPSA) is 108 Å². The van der Waals surface area contributed by atoms with E-state index in [-0.39, 0.29) is 0 Å². The highest BCUT2D eigenvalue weighted by Crippen LogP contribution is 2.62. The van der Waals surface area contributed by atoms with Crippen molar-refractivity contribution in [3.63, 3.8) is 0 Å². The van der Waals surface area contributed by atoms with Crippen LogP contribution in [0.1, 0.15) is 31.9 Å². The van der Waals surface area contributed by atoms with Crippen LogP contribution >= 0.6 is 0 Å². The van der Waals surface area contributed by atoms with Gasteiger partial charge in [0, 0.05) is 5.54 Å². The lowest BCUT2D eigenvalue weighted by atomic mass is 9.57. The Morgan fingerprint density at radius 3 is 1.45 bits per heavy atom. The summed E-state index contributed by atoms with van der Waals surface area (Å²) in [7, 11) is 0. The van der Waals surface area contributed by atoms with Gasteiger partial charge in [-0.1, -0.05) is 60.7 Å². The molecule has 1 saturated heterocycles. The molecule has 1 aliphatic rings. The third-order valence-electron chi connectivity index (χ3n) is 5.25. The Morgan fingerprint density at radius 2 is 1.14 bits per heavy atom. The Kier molecular flexibility index (Phi) is 4.66. The van der Waals surface area contributed by atoms with Crippen molar-refractivity contribution in [1.82, 2.24) is 5.06 Å². The van der Waals surface area contributed by atoms with Crippen molar-refractivity contribution in [2.75, 3.05) is 0 Å². The van der Waals surface area contributed by atoms with E-state index in [2.05, 4.69) is 0 Å². The molecule has 0 aliphatic carbocycles. The van der Waals surface area contributed by atoms with Crippen LogP contribution in [0.4, 0.5) is 0 Å². The SMILES string of the molecule is CC(C)(C)N1OC(C#N)(C#N)C(C#N)(C#N)C1(c1ccccc1)c1ccccc1. The number of nitrogens with zero attached hydrogens (tertiary/aromatic N) is 5. The molecule has 0 aromatic heterocycles. The van der Waals surface area contributed by atoms with Crippen LogP contribution in [0.5, 0.6) is 0 Å². The van der Waals surface area contributed by atoms with Crippen molar-refractivity contribution in [2.24, 2.45) is 5.41 Å². The molecule has 1 aliphatic heterocycles. The summed E-state index contributed by atoms with van der Waals surface area (Å²) < 4.78 is 0. The number of hydrogen-bond acceptors (Lipinski definition) is 6. The zero-order valence-electron chi connectivity index (χ0n) is 16.4. The van der Waals surface area contributed by atoms with Crippen LogP contribution in [-0.4, -0.2) is 16.2 Å². The monoisotopic (exact) mass is 381 g/mol. The predicted molar refractivity (Wildman–Crippen MR) is 104 cm³/mol. The fourth-order valence-electron chi connectivity index (χ4n) is 4.09. The Balaban J connectivity index is 2.62. The molecule has 1 heterocycles. The highest BCUT2D eigenvalue weighted by atomic mass is 16.7. The molecule has 3 rings (SSSR count). The van der Waals surface area contributed by atoms with Crippen molar-refractivity contribution in [2.45, 2.75) is 37.5 Å². The summed E-state index contributed by atoms with van der Waals surface area (Å²) in [5, 5.41) is 42.2. The molecule has 142 valence electrons. The summed E-state index contributed by atoms with van der Waals surface area (Å²) in [6.45, 7) is 5.54. The lowest BCUT2D eigenvalue weighted by molar-refractivity contribution is -0.236. The Hall–Kier alpha value is -3.68. The average molecular weight is 381 g/mol. The molecule has 29 heavy (non-hydrogen) atoms. The first-order valence-electron chi connectivity index (χ1n) is 9.05. The van der Waals surface area contributed by atoms with Crippen molar-refractivity contribution >= 4 is 0 Å². The van der Waals surface area contributed by atoms with Crippen molar-refractivity contribution in [3.8, 4) is 24.3 Å². The molecule has 0 radical (unpaired) electrons. The van der Waals surface area contributed by atoms with Crippen LogP contribution in [0.15, 0.2) is 60.7 Å². The third kappa shape index (κ3) is 2.38. The van der Waals surface area contributed by atoms with E-state index in [1.54, 1.807) is 48.5 Å². The standard InChI is InChI=1S/C23H19N5O/c1-20(2,3)28-23(18-10-6-4-7-11-18,19-12-8-5-9-13-19)21(14-24,15-25)22(16-26,17-27)29-28/h4-13H,1-3H3. The maximum Gasteiger partial charge on any atom is 0.293 e. The molecule has 0 amide bonds. The molecule has 6 heteroatoms. The second-order valence-corrected chi connectivity index (χ2v) is 7.88. The highest BCUT2D eigenvalue weighted by Gasteiger charge is 2.79. The van der Waals surface area contributed by atoms with Gasteiger partial charge in [-0.3, -0.25) is 4.84 Å². The first kappa shape index (κ1) is 20.1. The van der Waals surface area contributed by atoms with Gasteiger partial charge in [0.2, 0.25) is 5.41 Å². The minimum atomic E-state index is -2.32. The zero-order chi connectivity index (χ0) is 21.3. The van der Waals surface area contributed by atoms with E-state index < -0.39 is 22.1 Å². The van der Waals surface area contributed by atoms with Crippen molar-refractivity contribution in [3.05, 3.63) is 71.8 Å². The molecule has 6 nitrogen and oxygen atoms in total. The van der Waals surface area contributed by atoms with Gasteiger partial charge in [-0.25, -0.2) is 0 Å². The van der Waals surface area contributed by atoms with Gasteiger partial charge in [-0.2, -0.15) is 26.1 Å². The lowest BCUT2D eigenvalue weighted by Gasteiger charge is -2.47. The number of benzene rings is 2.